The Morgan fingerprint density at radius 2 is 0.482 bits per heavy atom. The zero-order valence-electron chi connectivity index (χ0n) is 60.2. The van der Waals surface area contributed by atoms with Crippen LogP contribution in [-0.4, -0.2) is 23.7 Å². The summed E-state index contributed by atoms with van der Waals surface area (Å²) in [5.41, 5.74) is 29.7. The third-order valence-electron chi connectivity index (χ3n) is 23.3. The minimum atomic E-state index is 0.626. The first kappa shape index (κ1) is 62.0. The predicted molar refractivity (Wildman–Crippen MR) is 462 cm³/mol. The number of aromatic nitrogens is 5. The molecule has 24 rings (SSSR count). The predicted octanol–water partition coefficient (Wildman–Crippen LogP) is 28.3. The highest BCUT2D eigenvalue weighted by molar-refractivity contribution is 6.15. The Bertz CT molecular complexity index is 8080. The average molecular weight is 1430 g/mol. The van der Waals surface area contributed by atoms with E-state index in [0.717, 1.165) is 199 Å². The monoisotopic (exact) mass is 1430 g/mol. The zero-order chi connectivity index (χ0) is 73.2. The number of para-hydroxylation sites is 6. The number of furan rings is 3. The highest BCUT2D eigenvalue weighted by atomic mass is 16.3. The molecule has 0 aliphatic carbocycles. The van der Waals surface area contributed by atoms with Gasteiger partial charge in [0.25, 0.3) is 0 Å². The molecule has 7 heterocycles. The number of fused-ring (bicyclic) bond motifs is 19. The SMILES string of the molecule is c1cc(-c2nc(-c3cccc(-n4c5ccccc5c5ccc(-c6ccc7c(c6)oc6ccccc67)cc54)c3)c3cc(-c4ccc(-c5ccc(-n6c7ccccc7c7ccc(-c8ccc9c(c8)oc8ccccc89)cc76)cc5)cc4)ccc3n2)cc(-n2c3ccccc3c3ccc(-c4ccc5c(c4)oc4ccccc45)cc32)c1. The van der Waals surface area contributed by atoms with E-state index >= 15 is 0 Å². The summed E-state index contributed by atoms with van der Waals surface area (Å²) in [4.78, 5) is 11.3. The molecule has 0 spiro atoms. The van der Waals surface area contributed by atoms with Crippen molar-refractivity contribution in [3.8, 4) is 95.3 Å². The molecule has 0 N–H and O–H groups in total. The summed E-state index contributed by atoms with van der Waals surface area (Å²) in [6.07, 6.45) is 0. The smallest absolute Gasteiger partial charge is 0.160 e. The van der Waals surface area contributed by atoms with Crippen molar-refractivity contribution in [1.29, 1.82) is 0 Å². The van der Waals surface area contributed by atoms with Crippen molar-refractivity contribution in [1.82, 2.24) is 23.7 Å². The van der Waals surface area contributed by atoms with E-state index in [0.29, 0.717) is 5.82 Å². The molecule has 0 saturated heterocycles. The van der Waals surface area contributed by atoms with Crippen LogP contribution in [0.15, 0.2) is 383 Å². The second kappa shape index (κ2) is 24.2. The molecule has 0 unspecified atom stereocenters. The second-order valence-corrected chi connectivity index (χ2v) is 29.5. The molecule has 8 nitrogen and oxygen atoms in total. The van der Waals surface area contributed by atoms with E-state index in [1.807, 2.05) is 36.4 Å². The second-order valence-electron chi connectivity index (χ2n) is 29.5. The van der Waals surface area contributed by atoms with E-state index < -0.39 is 0 Å². The van der Waals surface area contributed by atoms with Gasteiger partial charge in [0.2, 0.25) is 0 Å². The maximum Gasteiger partial charge on any atom is 0.160 e. The molecule has 112 heavy (non-hydrogen) atoms. The zero-order valence-corrected chi connectivity index (χ0v) is 60.2. The minimum Gasteiger partial charge on any atom is -0.456 e. The number of hydrogen-bond acceptors (Lipinski definition) is 5. The standard InChI is InChI=1S/C104H61N5O3/c1-7-25-91-77(19-1)80-46-37-66(69-40-49-86-83-22-4-10-28-97(83)110-100(86)59-69)56-94(80)107(91)74-44-35-63(36-45-74)62-31-33-64(34-32-62)65-43-52-90-89(55-65)103(72-15-13-17-75(53-72)108-92-26-8-2-20-78(92)81-47-38-67(57-95(81)108)70-41-50-87-84-23-5-11-29-98(84)111-101(87)60-70)106-104(105-90)73-16-14-18-76(54-73)109-93-27-9-3-21-79(93)82-48-39-68(58-96(82)109)71-42-51-88-85-24-6-12-30-99(85)112-102(88)61-71/h1-61H. The van der Waals surface area contributed by atoms with Crippen LogP contribution >= 0.6 is 0 Å². The molecule has 24 aromatic rings. The molecule has 0 radical (unpaired) electrons. The first-order chi connectivity index (χ1) is 55.4. The number of nitrogens with zero attached hydrogens (tertiary/aromatic N) is 5. The van der Waals surface area contributed by atoms with Crippen molar-refractivity contribution in [3.63, 3.8) is 0 Å². The van der Waals surface area contributed by atoms with Crippen molar-refractivity contribution in [3.05, 3.63) is 370 Å². The van der Waals surface area contributed by atoms with Gasteiger partial charge in [0.15, 0.2) is 5.82 Å². The lowest BCUT2D eigenvalue weighted by molar-refractivity contribution is 0.668. The Balaban J connectivity index is 0.615. The Hall–Kier alpha value is -15.1. The average Bonchev–Trinajstić information content (AvgIpc) is 1.57. The van der Waals surface area contributed by atoms with Gasteiger partial charge in [0.1, 0.15) is 33.5 Å². The molecule has 0 amide bonds. The van der Waals surface area contributed by atoms with Gasteiger partial charge in [-0.15, -0.1) is 0 Å². The van der Waals surface area contributed by atoms with Crippen LogP contribution in [0, 0.1) is 0 Å². The number of hydrogen-bond donors (Lipinski definition) is 0. The molecule has 0 fully saturated rings. The maximum absolute atomic E-state index is 6.44. The van der Waals surface area contributed by atoms with Gasteiger partial charge < -0.3 is 27.0 Å². The highest BCUT2D eigenvalue weighted by Gasteiger charge is 2.23. The summed E-state index contributed by atoms with van der Waals surface area (Å²) in [5.74, 6) is 0.626. The first-order valence-electron chi connectivity index (χ1n) is 38.0. The largest absolute Gasteiger partial charge is 0.456 e. The van der Waals surface area contributed by atoms with Crippen molar-refractivity contribution >= 4 is 142 Å². The molecule has 7 aromatic heterocycles. The number of rotatable bonds is 10. The van der Waals surface area contributed by atoms with E-state index in [1.165, 1.54) is 32.3 Å². The summed E-state index contributed by atoms with van der Waals surface area (Å²) in [7, 11) is 0. The van der Waals surface area contributed by atoms with Gasteiger partial charge >= 0.3 is 0 Å². The van der Waals surface area contributed by atoms with E-state index in [1.54, 1.807) is 0 Å². The molecular weight excluding hydrogens is 1370 g/mol. The fourth-order valence-electron chi connectivity index (χ4n) is 17.9. The lowest BCUT2D eigenvalue weighted by Gasteiger charge is -2.15. The molecule has 17 aromatic carbocycles. The first-order valence-corrected chi connectivity index (χ1v) is 38.0. The van der Waals surface area contributed by atoms with Crippen LogP contribution in [0.3, 0.4) is 0 Å². The van der Waals surface area contributed by atoms with Crippen LogP contribution < -0.4 is 0 Å². The van der Waals surface area contributed by atoms with Gasteiger partial charge in [-0.05, 0) is 195 Å². The summed E-state index contributed by atoms with van der Waals surface area (Å²) >= 11 is 0. The Kier molecular flexibility index (Phi) is 13.4. The van der Waals surface area contributed by atoms with E-state index in [2.05, 4.69) is 347 Å². The van der Waals surface area contributed by atoms with Gasteiger partial charge in [0.05, 0.1) is 44.3 Å². The molecule has 0 aliphatic heterocycles. The third-order valence-corrected chi connectivity index (χ3v) is 23.3. The quantitative estimate of drug-likeness (QED) is 0.136. The highest BCUT2D eigenvalue weighted by Crippen LogP contribution is 2.44. The van der Waals surface area contributed by atoms with E-state index in [9.17, 15) is 0 Å². The normalized spacial score (nSPS) is 12.1. The molecule has 0 saturated carbocycles. The lowest BCUT2D eigenvalue weighted by Crippen LogP contribution is -1.99. The Labute approximate surface area is 640 Å². The summed E-state index contributed by atoms with van der Waals surface area (Å²) in [6.45, 7) is 0. The van der Waals surface area contributed by atoms with Crippen molar-refractivity contribution in [2.24, 2.45) is 0 Å². The van der Waals surface area contributed by atoms with Gasteiger partial charge in [-0.2, -0.15) is 0 Å². The van der Waals surface area contributed by atoms with Crippen molar-refractivity contribution < 1.29 is 13.3 Å². The molecule has 8 heteroatoms. The van der Waals surface area contributed by atoms with Crippen LogP contribution in [0.2, 0.25) is 0 Å². The summed E-state index contributed by atoms with van der Waals surface area (Å²) in [5, 5.41) is 14.8. The van der Waals surface area contributed by atoms with Gasteiger partial charge in [0, 0.05) is 98.2 Å². The van der Waals surface area contributed by atoms with Crippen LogP contribution in [0.25, 0.3) is 237 Å². The minimum absolute atomic E-state index is 0.626. The molecule has 0 atom stereocenters. The van der Waals surface area contributed by atoms with Crippen molar-refractivity contribution in [2.45, 2.75) is 0 Å². The molecule has 520 valence electrons. The summed E-state index contributed by atoms with van der Waals surface area (Å²) in [6, 6.07) is 133. The summed E-state index contributed by atoms with van der Waals surface area (Å²) < 4.78 is 26.4. The van der Waals surface area contributed by atoms with Gasteiger partial charge in [-0.25, -0.2) is 9.97 Å². The van der Waals surface area contributed by atoms with Gasteiger partial charge in [-0.1, -0.05) is 231 Å². The van der Waals surface area contributed by atoms with Crippen LogP contribution in [0.1, 0.15) is 0 Å². The fraction of sp³-hybridized carbons (Fsp3) is 0. The van der Waals surface area contributed by atoms with Crippen LogP contribution in [-0.2, 0) is 0 Å². The van der Waals surface area contributed by atoms with E-state index in [4.69, 9.17) is 23.2 Å². The molecule has 0 bridgehead atoms. The number of benzene rings is 17. The Morgan fingerprint density at radius 3 is 0.929 bits per heavy atom. The van der Waals surface area contributed by atoms with E-state index in [-0.39, 0.29) is 0 Å². The molecule has 0 aliphatic rings. The van der Waals surface area contributed by atoms with Gasteiger partial charge in [-0.3, -0.25) is 0 Å². The third kappa shape index (κ3) is 9.68. The Morgan fingerprint density at radius 1 is 0.170 bits per heavy atom. The van der Waals surface area contributed by atoms with Crippen LogP contribution in [0.5, 0.6) is 0 Å². The van der Waals surface area contributed by atoms with Crippen LogP contribution in [0.4, 0.5) is 0 Å². The fourth-order valence-corrected chi connectivity index (χ4v) is 17.9. The lowest BCUT2D eigenvalue weighted by atomic mass is 9.97. The maximum atomic E-state index is 6.44. The molecular formula is C104H61N5O3. The van der Waals surface area contributed by atoms with Crippen molar-refractivity contribution in [2.75, 3.05) is 0 Å². The topological polar surface area (TPSA) is 80.0 Å².